The van der Waals surface area contributed by atoms with Gasteiger partial charge >= 0.3 is 6.18 Å². The topological polar surface area (TPSA) is 17.1 Å². The van der Waals surface area contributed by atoms with Crippen molar-refractivity contribution in [1.29, 1.82) is 0 Å². The normalized spacial score (nSPS) is 17.4. The minimum atomic E-state index is -4.34. The average molecular weight is 242 g/mol. The molecule has 1 fully saturated rings. The van der Waals surface area contributed by atoms with Crippen molar-refractivity contribution in [3.63, 3.8) is 0 Å². The van der Waals surface area contributed by atoms with Gasteiger partial charge in [0.1, 0.15) is 6.29 Å². The lowest BCUT2D eigenvalue weighted by atomic mass is 9.91. The van der Waals surface area contributed by atoms with Gasteiger partial charge < -0.3 is 0 Å². The molecule has 0 unspecified atom stereocenters. The quantitative estimate of drug-likeness (QED) is 0.711. The van der Waals surface area contributed by atoms with Gasteiger partial charge in [-0.25, -0.2) is 0 Å². The van der Waals surface area contributed by atoms with E-state index in [1.165, 1.54) is 6.07 Å². The predicted molar refractivity (Wildman–Crippen MR) is 58.0 cm³/mol. The van der Waals surface area contributed by atoms with Crippen LogP contribution in [0, 0.1) is 0 Å². The molecule has 0 atom stereocenters. The Morgan fingerprint density at radius 2 is 1.82 bits per heavy atom. The summed E-state index contributed by atoms with van der Waals surface area (Å²) in [6.45, 7) is 0. The molecule has 1 aromatic rings. The number of halogens is 3. The largest absolute Gasteiger partial charge is 0.416 e. The molecule has 2 rings (SSSR count). The van der Waals surface area contributed by atoms with Crippen molar-refractivity contribution in [3.05, 3.63) is 34.9 Å². The van der Waals surface area contributed by atoms with E-state index in [4.69, 9.17) is 0 Å². The first kappa shape index (κ1) is 12.1. The van der Waals surface area contributed by atoms with Crippen LogP contribution in [0.15, 0.2) is 18.2 Å². The summed E-state index contributed by atoms with van der Waals surface area (Å²) in [5.74, 6) is 0.109. The number of carbonyl (C=O) groups excluding carboxylic acids is 1. The first-order chi connectivity index (χ1) is 8.02. The number of hydrogen-bond donors (Lipinski definition) is 0. The Morgan fingerprint density at radius 1 is 1.18 bits per heavy atom. The van der Waals surface area contributed by atoms with E-state index in [1.54, 1.807) is 0 Å². The second-order valence-corrected chi connectivity index (χ2v) is 4.44. The van der Waals surface area contributed by atoms with E-state index in [2.05, 4.69) is 0 Å². The summed E-state index contributed by atoms with van der Waals surface area (Å²) in [7, 11) is 0. The number of alkyl halides is 3. The van der Waals surface area contributed by atoms with E-state index in [1.807, 2.05) is 0 Å². The maximum atomic E-state index is 12.6. The molecule has 0 radical (unpaired) electrons. The molecule has 0 spiro atoms. The first-order valence-corrected chi connectivity index (χ1v) is 5.68. The van der Waals surface area contributed by atoms with Crippen LogP contribution < -0.4 is 0 Å². The minimum Gasteiger partial charge on any atom is -0.298 e. The highest BCUT2D eigenvalue weighted by atomic mass is 19.4. The van der Waals surface area contributed by atoms with Crippen LogP contribution in [0.4, 0.5) is 13.2 Å². The highest BCUT2D eigenvalue weighted by Crippen LogP contribution is 2.38. The van der Waals surface area contributed by atoms with Crippen LogP contribution in [0.25, 0.3) is 0 Å². The molecule has 4 heteroatoms. The predicted octanol–water partition coefficient (Wildman–Crippen LogP) is 4.18. The third-order valence-corrected chi connectivity index (χ3v) is 3.34. The van der Waals surface area contributed by atoms with Crippen LogP contribution in [-0.2, 0) is 6.18 Å². The highest BCUT2D eigenvalue weighted by molar-refractivity contribution is 5.78. The van der Waals surface area contributed by atoms with E-state index in [0.29, 0.717) is 17.4 Å². The lowest BCUT2D eigenvalue weighted by Crippen LogP contribution is -2.08. The summed E-state index contributed by atoms with van der Waals surface area (Å²) < 4.78 is 37.8. The Balaban J connectivity index is 2.42. The molecular formula is C13H13F3O. The summed E-state index contributed by atoms with van der Waals surface area (Å²) >= 11 is 0. The summed E-state index contributed by atoms with van der Waals surface area (Å²) in [6.07, 6.45) is 0.116. The summed E-state index contributed by atoms with van der Waals surface area (Å²) in [5, 5.41) is 0. The van der Waals surface area contributed by atoms with E-state index in [-0.39, 0.29) is 5.92 Å². The minimum absolute atomic E-state index is 0.109. The molecule has 0 aromatic heterocycles. The molecule has 0 amide bonds. The van der Waals surface area contributed by atoms with E-state index >= 15 is 0 Å². The number of carbonyl (C=O) groups is 1. The zero-order chi connectivity index (χ0) is 12.5. The number of rotatable bonds is 2. The standard InChI is InChI=1S/C13H13F3O/c14-13(15,16)11-6-5-10(8-17)12(7-11)9-3-1-2-4-9/h5-9H,1-4H2. The molecule has 0 N–H and O–H groups in total. The van der Waals surface area contributed by atoms with Gasteiger partial charge in [0.2, 0.25) is 0 Å². The Hall–Kier alpha value is -1.32. The summed E-state index contributed by atoms with van der Waals surface area (Å²) in [6, 6.07) is 3.39. The number of aldehydes is 1. The van der Waals surface area contributed by atoms with Crippen molar-refractivity contribution < 1.29 is 18.0 Å². The molecule has 1 nitrogen and oxygen atoms in total. The smallest absolute Gasteiger partial charge is 0.298 e. The van der Waals surface area contributed by atoms with Gasteiger partial charge in [-0.15, -0.1) is 0 Å². The number of benzene rings is 1. The molecule has 92 valence electrons. The van der Waals surface area contributed by atoms with Gasteiger partial charge in [-0.2, -0.15) is 13.2 Å². The Morgan fingerprint density at radius 3 is 2.35 bits per heavy atom. The second kappa shape index (κ2) is 4.51. The third-order valence-electron chi connectivity index (χ3n) is 3.34. The zero-order valence-corrected chi connectivity index (χ0v) is 9.26. The van der Waals surface area contributed by atoms with Crippen molar-refractivity contribution in [1.82, 2.24) is 0 Å². The van der Waals surface area contributed by atoms with Gasteiger partial charge in [0, 0.05) is 5.56 Å². The van der Waals surface area contributed by atoms with Gasteiger partial charge in [0.25, 0.3) is 0 Å². The van der Waals surface area contributed by atoms with E-state index < -0.39 is 11.7 Å². The maximum absolute atomic E-state index is 12.6. The van der Waals surface area contributed by atoms with Crippen molar-refractivity contribution >= 4 is 6.29 Å². The Kier molecular flexibility index (Phi) is 3.22. The zero-order valence-electron chi connectivity index (χ0n) is 9.26. The lowest BCUT2D eigenvalue weighted by molar-refractivity contribution is -0.137. The van der Waals surface area contributed by atoms with Crippen LogP contribution in [0.5, 0.6) is 0 Å². The molecule has 0 saturated heterocycles. The fraction of sp³-hybridized carbons (Fsp3) is 0.462. The van der Waals surface area contributed by atoms with Gasteiger partial charge in [-0.3, -0.25) is 4.79 Å². The number of hydrogen-bond acceptors (Lipinski definition) is 1. The molecule has 1 aliphatic rings. The van der Waals surface area contributed by atoms with Crippen LogP contribution >= 0.6 is 0 Å². The molecule has 1 aliphatic carbocycles. The molecule has 0 bridgehead atoms. The van der Waals surface area contributed by atoms with Crippen LogP contribution in [0.1, 0.15) is 53.1 Å². The maximum Gasteiger partial charge on any atom is 0.416 e. The summed E-state index contributed by atoms with van der Waals surface area (Å²) in [5.41, 5.74) is 0.294. The van der Waals surface area contributed by atoms with Crippen molar-refractivity contribution in [3.8, 4) is 0 Å². The van der Waals surface area contributed by atoms with Crippen LogP contribution in [0.2, 0.25) is 0 Å². The van der Waals surface area contributed by atoms with E-state index in [9.17, 15) is 18.0 Å². The fourth-order valence-corrected chi connectivity index (χ4v) is 2.45. The SMILES string of the molecule is O=Cc1ccc(C(F)(F)F)cc1C1CCCC1. The van der Waals surface area contributed by atoms with Crippen molar-refractivity contribution in [2.24, 2.45) is 0 Å². The fourth-order valence-electron chi connectivity index (χ4n) is 2.45. The Labute approximate surface area is 97.6 Å². The lowest BCUT2D eigenvalue weighted by Gasteiger charge is -2.15. The molecule has 0 aliphatic heterocycles. The molecule has 1 aromatic carbocycles. The molecule has 17 heavy (non-hydrogen) atoms. The monoisotopic (exact) mass is 242 g/mol. The molecule has 1 saturated carbocycles. The second-order valence-electron chi connectivity index (χ2n) is 4.44. The third kappa shape index (κ3) is 2.51. The van der Waals surface area contributed by atoms with Crippen LogP contribution in [0.3, 0.4) is 0 Å². The highest BCUT2D eigenvalue weighted by Gasteiger charge is 2.32. The van der Waals surface area contributed by atoms with Gasteiger partial charge in [0.05, 0.1) is 5.56 Å². The van der Waals surface area contributed by atoms with E-state index in [0.717, 1.165) is 37.8 Å². The Bertz CT molecular complexity index is 417. The van der Waals surface area contributed by atoms with Crippen LogP contribution in [-0.4, -0.2) is 6.29 Å². The van der Waals surface area contributed by atoms with Gasteiger partial charge in [0.15, 0.2) is 0 Å². The van der Waals surface area contributed by atoms with Gasteiger partial charge in [-0.05, 0) is 36.5 Å². The molecular weight excluding hydrogens is 229 g/mol. The van der Waals surface area contributed by atoms with Gasteiger partial charge in [-0.1, -0.05) is 18.9 Å². The average Bonchev–Trinajstić information content (AvgIpc) is 2.80. The van der Waals surface area contributed by atoms with Crippen molar-refractivity contribution in [2.45, 2.75) is 37.8 Å². The van der Waals surface area contributed by atoms with Crippen molar-refractivity contribution in [2.75, 3.05) is 0 Å². The summed E-state index contributed by atoms with van der Waals surface area (Å²) in [4.78, 5) is 10.9. The molecule has 0 heterocycles. The first-order valence-electron chi connectivity index (χ1n) is 5.68.